The van der Waals surface area contributed by atoms with Crippen LogP contribution in [0.3, 0.4) is 0 Å². The van der Waals surface area contributed by atoms with Crippen LogP contribution in [0.15, 0.2) is 54.6 Å². The topological polar surface area (TPSA) is 58.6 Å². The molecule has 0 spiro atoms. The maximum Gasteiger partial charge on any atom is 0.247 e. The molecule has 1 atom stereocenters. The molecule has 1 N–H and O–H groups in total. The summed E-state index contributed by atoms with van der Waals surface area (Å²) in [6.45, 7) is 4.59. The zero-order valence-corrected chi connectivity index (χ0v) is 17.0. The van der Waals surface area contributed by atoms with Gasteiger partial charge in [-0.15, -0.1) is 0 Å². The van der Waals surface area contributed by atoms with Crippen molar-refractivity contribution < 1.29 is 14.3 Å². The summed E-state index contributed by atoms with van der Waals surface area (Å²) in [5.41, 5.74) is 1.75. The van der Waals surface area contributed by atoms with Gasteiger partial charge in [0, 0.05) is 20.0 Å². The predicted octanol–water partition coefficient (Wildman–Crippen LogP) is 4.09. The van der Waals surface area contributed by atoms with E-state index < -0.39 is 6.04 Å². The molecule has 0 fully saturated rings. The number of ether oxygens (including phenoxy) is 1. The van der Waals surface area contributed by atoms with E-state index >= 15 is 0 Å². The molecule has 1 unspecified atom stereocenters. The fraction of sp³-hybridized carbons (Fsp3) is 0.391. The molecule has 0 radical (unpaired) electrons. The van der Waals surface area contributed by atoms with Crippen molar-refractivity contribution in [3.05, 3.63) is 65.7 Å². The lowest BCUT2D eigenvalue weighted by Crippen LogP contribution is -2.42. The van der Waals surface area contributed by atoms with Crippen molar-refractivity contribution in [3.63, 3.8) is 0 Å². The van der Waals surface area contributed by atoms with Crippen LogP contribution in [-0.2, 0) is 16.1 Å². The van der Waals surface area contributed by atoms with Gasteiger partial charge in [0.2, 0.25) is 11.8 Å². The highest BCUT2D eigenvalue weighted by atomic mass is 16.5. The van der Waals surface area contributed by atoms with Crippen molar-refractivity contribution in [2.45, 2.75) is 45.7 Å². The van der Waals surface area contributed by atoms with Gasteiger partial charge in [-0.3, -0.25) is 9.59 Å². The minimum absolute atomic E-state index is 0.145. The van der Waals surface area contributed by atoms with Crippen LogP contribution >= 0.6 is 0 Å². The van der Waals surface area contributed by atoms with Crippen LogP contribution in [0.2, 0.25) is 0 Å². The zero-order valence-electron chi connectivity index (χ0n) is 17.0. The Bertz CT molecular complexity index is 744. The van der Waals surface area contributed by atoms with Crippen LogP contribution in [0.5, 0.6) is 5.75 Å². The first kappa shape index (κ1) is 21.5. The average Bonchev–Trinajstić information content (AvgIpc) is 2.72. The van der Waals surface area contributed by atoms with Crippen LogP contribution in [0, 0.1) is 0 Å². The van der Waals surface area contributed by atoms with Crippen LogP contribution in [0.1, 0.15) is 50.3 Å². The number of nitrogens with one attached hydrogen (secondary N) is 1. The first-order valence-electron chi connectivity index (χ1n) is 9.79. The number of unbranched alkanes of at least 4 members (excludes halogenated alkanes) is 2. The van der Waals surface area contributed by atoms with Crippen molar-refractivity contribution >= 4 is 11.8 Å². The number of rotatable bonds is 10. The second kappa shape index (κ2) is 11.1. The Morgan fingerprint density at radius 3 is 2.29 bits per heavy atom. The number of nitrogens with zero attached hydrogens (tertiary/aromatic N) is 1. The molecule has 0 aliphatic rings. The highest BCUT2D eigenvalue weighted by molar-refractivity contribution is 5.88. The molecule has 0 aromatic heterocycles. The van der Waals surface area contributed by atoms with Crippen LogP contribution in [-0.4, -0.2) is 30.4 Å². The molecule has 5 nitrogen and oxygen atoms in total. The third kappa shape index (κ3) is 6.12. The Morgan fingerprint density at radius 2 is 1.71 bits per heavy atom. The van der Waals surface area contributed by atoms with Gasteiger partial charge in [-0.05, 0) is 29.7 Å². The van der Waals surface area contributed by atoms with Gasteiger partial charge in [0.1, 0.15) is 11.8 Å². The third-order valence-electron chi connectivity index (χ3n) is 4.67. The van der Waals surface area contributed by atoms with E-state index in [9.17, 15) is 9.59 Å². The highest BCUT2D eigenvalue weighted by Crippen LogP contribution is 2.24. The first-order valence-corrected chi connectivity index (χ1v) is 9.79. The molecule has 150 valence electrons. The van der Waals surface area contributed by atoms with Crippen LogP contribution in [0.25, 0.3) is 0 Å². The molecule has 0 aliphatic carbocycles. The van der Waals surface area contributed by atoms with E-state index in [1.165, 1.54) is 6.92 Å². The molecule has 2 amide bonds. The quantitative estimate of drug-likeness (QED) is 0.630. The second-order valence-electron chi connectivity index (χ2n) is 6.81. The van der Waals surface area contributed by atoms with E-state index in [0.29, 0.717) is 13.1 Å². The predicted molar refractivity (Wildman–Crippen MR) is 111 cm³/mol. The summed E-state index contributed by atoms with van der Waals surface area (Å²) >= 11 is 0. The number of amides is 2. The average molecular weight is 383 g/mol. The summed E-state index contributed by atoms with van der Waals surface area (Å²) in [5, 5.41) is 3.00. The summed E-state index contributed by atoms with van der Waals surface area (Å²) in [6.07, 6.45) is 3.09. The van der Waals surface area contributed by atoms with E-state index in [-0.39, 0.29) is 11.8 Å². The van der Waals surface area contributed by atoms with Crippen molar-refractivity contribution in [3.8, 4) is 5.75 Å². The Labute approximate surface area is 167 Å². The standard InChI is InChI=1S/C23H30N2O3/c1-4-5-9-16-24-23(27)22(20-10-7-6-8-11-20)25(18(2)26)17-19-12-14-21(28-3)15-13-19/h6-8,10-15,22H,4-5,9,16-17H2,1-3H3,(H,24,27). The van der Waals surface area contributed by atoms with Gasteiger partial charge >= 0.3 is 0 Å². The van der Waals surface area contributed by atoms with Crippen LogP contribution in [0.4, 0.5) is 0 Å². The summed E-state index contributed by atoms with van der Waals surface area (Å²) in [5.74, 6) is 0.464. The lowest BCUT2D eigenvalue weighted by atomic mass is 10.0. The lowest BCUT2D eigenvalue weighted by molar-refractivity contribution is -0.140. The molecule has 2 rings (SSSR count). The van der Waals surface area contributed by atoms with Gasteiger partial charge < -0.3 is 15.0 Å². The van der Waals surface area contributed by atoms with Gasteiger partial charge in [-0.2, -0.15) is 0 Å². The first-order chi connectivity index (χ1) is 13.6. The Hall–Kier alpha value is -2.82. The van der Waals surface area contributed by atoms with Crippen molar-refractivity contribution in [1.82, 2.24) is 10.2 Å². The van der Waals surface area contributed by atoms with E-state index in [1.807, 2.05) is 54.6 Å². The number of methoxy groups -OCH3 is 1. The second-order valence-corrected chi connectivity index (χ2v) is 6.81. The Kier molecular flexibility index (Phi) is 8.53. The molecule has 2 aromatic rings. The third-order valence-corrected chi connectivity index (χ3v) is 4.67. The number of hydrogen-bond donors (Lipinski definition) is 1. The summed E-state index contributed by atoms with van der Waals surface area (Å²) in [4.78, 5) is 27.1. The summed E-state index contributed by atoms with van der Waals surface area (Å²) in [7, 11) is 1.62. The number of carbonyl (C=O) groups excluding carboxylic acids is 2. The van der Waals surface area contributed by atoms with Gasteiger partial charge in [0.15, 0.2) is 0 Å². The van der Waals surface area contributed by atoms with E-state index in [1.54, 1.807) is 12.0 Å². The summed E-state index contributed by atoms with van der Waals surface area (Å²) in [6, 6.07) is 16.3. The molecule has 0 saturated carbocycles. The minimum atomic E-state index is -0.664. The maximum absolute atomic E-state index is 13.0. The monoisotopic (exact) mass is 382 g/mol. The minimum Gasteiger partial charge on any atom is -0.497 e. The lowest BCUT2D eigenvalue weighted by Gasteiger charge is -2.30. The van der Waals surface area contributed by atoms with Crippen molar-refractivity contribution in [1.29, 1.82) is 0 Å². The molecule has 5 heteroatoms. The van der Waals surface area contributed by atoms with E-state index in [0.717, 1.165) is 36.1 Å². The van der Waals surface area contributed by atoms with Gasteiger partial charge in [-0.25, -0.2) is 0 Å². The molecule has 0 bridgehead atoms. The molecule has 0 saturated heterocycles. The molecule has 0 aliphatic heterocycles. The van der Waals surface area contributed by atoms with E-state index in [2.05, 4.69) is 12.2 Å². The van der Waals surface area contributed by atoms with Gasteiger partial charge in [0.25, 0.3) is 0 Å². The normalized spacial score (nSPS) is 11.5. The largest absolute Gasteiger partial charge is 0.497 e. The molecule has 2 aromatic carbocycles. The fourth-order valence-electron chi connectivity index (χ4n) is 3.10. The smallest absolute Gasteiger partial charge is 0.247 e. The fourth-order valence-corrected chi connectivity index (χ4v) is 3.10. The zero-order chi connectivity index (χ0) is 20.4. The SMILES string of the molecule is CCCCCNC(=O)C(c1ccccc1)N(Cc1ccc(OC)cc1)C(C)=O. The maximum atomic E-state index is 13.0. The van der Waals surface area contributed by atoms with Crippen molar-refractivity contribution in [2.24, 2.45) is 0 Å². The molecular formula is C23H30N2O3. The highest BCUT2D eigenvalue weighted by Gasteiger charge is 2.29. The molecular weight excluding hydrogens is 352 g/mol. The number of carbonyl (C=O) groups is 2. The van der Waals surface area contributed by atoms with Crippen LogP contribution < -0.4 is 10.1 Å². The van der Waals surface area contributed by atoms with E-state index in [4.69, 9.17) is 4.74 Å². The Balaban J connectivity index is 2.25. The number of benzene rings is 2. The van der Waals surface area contributed by atoms with Crippen molar-refractivity contribution in [2.75, 3.05) is 13.7 Å². The van der Waals surface area contributed by atoms with Gasteiger partial charge in [-0.1, -0.05) is 62.2 Å². The Morgan fingerprint density at radius 1 is 1.04 bits per heavy atom. The number of hydrogen-bond acceptors (Lipinski definition) is 3. The molecule has 0 heterocycles. The summed E-state index contributed by atoms with van der Waals surface area (Å²) < 4.78 is 5.20. The molecule has 28 heavy (non-hydrogen) atoms. The van der Waals surface area contributed by atoms with Gasteiger partial charge in [0.05, 0.1) is 7.11 Å².